The monoisotopic (exact) mass is 195 g/mol. The SMILES string of the molecule is Cn1ccc(=O)n2c([N+](=O)[O-])nnc12. The molecule has 0 unspecified atom stereocenters. The number of nitro groups is 1. The number of fused-ring (bicyclic) bond motifs is 1. The van der Waals surface area contributed by atoms with Gasteiger partial charge in [0.2, 0.25) is 0 Å². The second-order valence-electron chi connectivity index (χ2n) is 2.66. The van der Waals surface area contributed by atoms with Crippen molar-refractivity contribution in [1.82, 2.24) is 19.2 Å². The van der Waals surface area contributed by atoms with Gasteiger partial charge in [-0.2, -0.15) is 0 Å². The summed E-state index contributed by atoms with van der Waals surface area (Å²) in [4.78, 5) is 21.0. The Kier molecular flexibility index (Phi) is 1.56. The van der Waals surface area contributed by atoms with Crippen LogP contribution in [0, 0.1) is 10.1 Å². The van der Waals surface area contributed by atoms with Gasteiger partial charge in [0.25, 0.3) is 0 Å². The molecule has 2 aromatic heterocycles. The van der Waals surface area contributed by atoms with Crippen LogP contribution >= 0.6 is 0 Å². The fourth-order valence-corrected chi connectivity index (χ4v) is 1.13. The lowest BCUT2D eigenvalue weighted by molar-refractivity contribution is -0.395. The third-order valence-electron chi connectivity index (χ3n) is 1.77. The van der Waals surface area contributed by atoms with Crippen molar-refractivity contribution in [3.8, 4) is 0 Å². The second-order valence-corrected chi connectivity index (χ2v) is 2.66. The Morgan fingerprint density at radius 1 is 1.50 bits per heavy atom. The topological polar surface area (TPSA) is 95.3 Å². The van der Waals surface area contributed by atoms with E-state index in [0.29, 0.717) is 0 Å². The van der Waals surface area contributed by atoms with Crippen LogP contribution in [-0.2, 0) is 7.05 Å². The molecule has 0 aromatic carbocycles. The molecule has 0 N–H and O–H groups in total. The van der Waals surface area contributed by atoms with E-state index in [4.69, 9.17) is 0 Å². The average Bonchev–Trinajstić information content (AvgIpc) is 2.56. The van der Waals surface area contributed by atoms with Crippen LogP contribution in [0.25, 0.3) is 5.78 Å². The predicted molar refractivity (Wildman–Crippen MR) is 44.9 cm³/mol. The van der Waals surface area contributed by atoms with Gasteiger partial charge in [-0.15, -0.1) is 4.40 Å². The molecular weight excluding hydrogens is 190 g/mol. The van der Waals surface area contributed by atoms with Crippen LogP contribution in [0.1, 0.15) is 0 Å². The van der Waals surface area contributed by atoms with Gasteiger partial charge in [0.05, 0.1) is 5.10 Å². The van der Waals surface area contributed by atoms with E-state index >= 15 is 0 Å². The highest BCUT2D eigenvalue weighted by atomic mass is 16.6. The highest BCUT2D eigenvalue weighted by molar-refractivity contribution is 5.32. The molecule has 0 radical (unpaired) electrons. The number of aryl methyl sites for hydroxylation is 1. The van der Waals surface area contributed by atoms with Crippen LogP contribution in [0.5, 0.6) is 0 Å². The fraction of sp³-hybridized carbons (Fsp3) is 0.167. The Hall–Kier alpha value is -2.25. The third kappa shape index (κ3) is 0.969. The summed E-state index contributed by atoms with van der Waals surface area (Å²) in [5.74, 6) is -0.426. The Morgan fingerprint density at radius 3 is 2.86 bits per heavy atom. The summed E-state index contributed by atoms with van der Waals surface area (Å²) in [6.07, 6.45) is 1.47. The minimum absolute atomic E-state index is 0.143. The molecule has 0 atom stereocenters. The van der Waals surface area contributed by atoms with Gasteiger partial charge < -0.3 is 14.7 Å². The number of nitrogens with zero attached hydrogens (tertiary/aromatic N) is 5. The maximum atomic E-state index is 11.3. The fourth-order valence-electron chi connectivity index (χ4n) is 1.13. The van der Waals surface area contributed by atoms with Crippen LogP contribution < -0.4 is 5.56 Å². The summed E-state index contributed by atoms with van der Waals surface area (Å²) in [5, 5.41) is 17.3. The summed E-state index contributed by atoms with van der Waals surface area (Å²) in [6.45, 7) is 0. The largest absolute Gasteiger partial charge is 0.467 e. The molecule has 14 heavy (non-hydrogen) atoms. The van der Waals surface area contributed by atoms with Gasteiger partial charge in [0.1, 0.15) is 0 Å². The zero-order chi connectivity index (χ0) is 10.3. The second kappa shape index (κ2) is 2.62. The van der Waals surface area contributed by atoms with Crippen molar-refractivity contribution in [3.05, 3.63) is 32.7 Å². The van der Waals surface area contributed by atoms with Crippen LogP contribution in [0.3, 0.4) is 0 Å². The van der Waals surface area contributed by atoms with Crippen molar-refractivity contribution >= 4 is 11.7 Å². The highest BCUT2D eigenvalue weighted by Crippen LogP contribution is 2.05. The standard InChI is InChI=1S/C6H5N5O3/c1-9-3-2-4(12)10-5(9)7-8-6(10)11(13)14/h2-3H,1H3. The Bertz CT molecular complexity index is 568. The quantitative estimate of drug-likeness (QED) is 0.444. The molecule has 0 fully saturated rings. The average molecular weight is 195 g/mol. The molecular formula is C6H5N5O3. The molecule has 0 amide bonds. The van der Waals surface area contributed by atoms with Crippen molar-refractivity contribution < 1.29 is 4.92 Å². The van der Waals surface area contributed by atoms with Crippen LogP contribution in [0.2, 0.25) is 0 Å². The molecule has 8 nitrogen and oxygen atoms in total. The molecule has 0 aliphatic rings. The smallest absolute Gasteiger partial charge is 0.390 e. The maximum Gasteiger partial charge on any atom is 0.467 e. The van der Waals surface area contributed by atoms with E-state index < -0.39 is 16.4 Å². The van der Waals surface area contributed by atoms with Crippen LogP contribution in [0.15, 0.2) is 17.1 Å². The molecule has 2 aromatic rings. The lowest BCUT2D eigenvalue weighted by Crippen LogP contribution is -2.16. The predicted octanol–water partition coefficient (Wildman–Crippen LogP) is -0.664. The van der Waals surface area contributed by atoms with Gasteiger partial charge >= 0.3 is 17.3 Å². The molecule has 0 spiro atoms. The van der Waals surface area contributed by atoms with Crippen molar-refractivity contribution in [3.63, 3.8) is 0 Å². The van der Waals surface area contributed by atoms with E-state index in [-0.39, 0.29) is 5.78 Å². The zero-order valence-electron chi connectivity index (χ0n) is 7.12. The summed E-state index contributed by atoms with van der Waals surface area (Å²) in [6, 6.07) is 1.21. The molecule has 2 heterocycles. The third-order valence-corrected chi connectivity index (χ3v) is 1.77. The first-order chi connectivity index (χ1) is 6.61. The molecule has 0 bridgehead atoms. The summed E-state index contributed by atoms with van der Waals surface area (Å²) in [5.41, 5.74) is -0.519. The van der Waals surface area contributed by atoms with E-state index in [9.17, 15) is 14.9 Å². The number of aromatic nitrogens is 4. The van der Waals surface area contributed by atoms with E-state index in [1.54, 1.807) is 7.05 Å². The van der Waals surface area contributed by atoms with Gasteiger partial charge in [0.15, 0.2) is 0 Å². The normalized spacial score (nSPS) is 10.6. The molecule has 0 saturated carbocycles. The van der Waals surface area contributed by atoms with Crippen molar-refractivity contribution in [1.29, 1.82) is 0 Å². The van der Waals surface area contributed by atoms with Crippen molar-refractivity contribution in [2.75, 3.05) is 0 Å². The molecule has 0 aliphatic heterocycles. The van der Waals surface area contributed by atoms with Gasteiger partial charge in [-0.3, -0.25) is 4.79 Å². The molecule has 72 valence electrons. The van der Waals surface area contributed by atoms with Gasteiger partial charge in [-0.05, 0) is 10.0 Å². The highest BCUT2D eigenvalue weighted by Gasteiger charge is 2.20. The van der Waals surface area contributed by atoms with Gasteiger partial charge in [0, 0.05) is 19.3 Å². The van der Waals surface area contributed by atoms with E-state index in [1.807, 2.05) is 0 Å². The summed E-state index contributed by atoms with van der Waals surface area (Å²) in [7, 11) is 1.62. The Morgan fingerprint density at radius 2 is 2.21 bits per heavy atom. The van der Waals surface area contributed by atoms with E-state index in [2.05, 4.69) is 10.2 Å². The van der Waals surface area contributed by atoms with E-state index in [1.165, 1.54) is 16.8 Å². The molecule has 2 rings (SSSR count). The number of hydrogen-bond acceptors (Lipinski definition) is 5. The van der Waals surface area contributed by atoms with Crippen LogP contribution in [-0.4, -0.2) is 24.1 Å². The maximum absolute atomic E-state index is 11.3. The minimum Gasteiger partial charge on any atom is -0.390 e. The van der Waals surface area contributed by atoms with Crippen molar-refractivity contribution in [2.24, 2.45) is 7.05 Å². The van der Waals surface area contributed by atoms with Gasteiger partial charge in [-0.1, -0.05) is 0 Å². The zero-order valence-corrected chi connectivity index (χ0v) is 7.12. The molecule has 8 heteroatoms. The van der Waals surface area contributed by atoms with E-state index in [0.717, 1.165) is 4.40 Å². The first-order valence-electron chi connectivity index (χ1n) is 3.66. The molecule has 0 aliphatic carbocycles. The Balaban J connectivity index is 2.98. The van der Waals surface area contributed by atoms with Gasteiger partial charge in [-0.25, -0.2) is 0 Å². The lowest BCUT2D eigenvalue weighted by atomic mass is 10.6. The number of rotatable bonds is 1. The lowest BCUT2D eigenvalue weighted by Gasteiger charge is -1.95. The van der Waals surface area contributed by atoms with Crippen LogP contribution in [0.4, 0.5) is 5.95 Å². The summed E-state index contributed by atoms with van der Waals surface area (Å²) >= 11 is 0. The molecule has 0 saturated heterocycles. The first kappa shape index (κ1) is 8.35. The Labute approximate surface area is 76.6 Å². The summed E-state index contributed by atoms with van der Waals surface area (Å²) < 4.78 is 2.32. The minimum atomic E-state index is -0.749. The number of hydrogen-bond donors (Lipinski definition) is 0. The van der Waals surface area contributed by atoms with Crippen molar-refractivity contribution in [2.45, 2.75) is 0 Å². The first-order valence-corrected chi connectivity index (χ1v) is 3.66.